The first-order valence-electron chi connectivity index (χ1n) is 4.69. The fraction of sp³-hybridized carbons (Fsp3) is 0.273. The Balaban J connectivity index is 2.48. The van der Waals surface area contributed by atoms with E-state index in [1.165, 1.54) is 0 Å². The molecular formula is C11H9ClN4. The van der Waals surface area contributed by atoms with Crippen LogP contribution in [0, 0.1) is 28.6 Å². The summed E-state index contributed by atoms with van der Waals surface area (Å²) in [6.45, 7) is 0.344. The molecule has 0 N–H and O–H groups in total. The maximum atomic E-state index is 8.52. The van der Waals surface area contributed by atoms with Crippen LogP contribution in [-0.4, -0.2) is 6.54 Å². The van der Waals surface area contributed by atoms with Crippen LogP contribution in [0.2, 0.25) is 5.02 Å². The summed E-state index contributed by atoms with van der Waals surface area (Å²) in [4.78, 5) is 0. The Morgan fingerprint density at radius 2 is 1.94 bits per heavy atom. The van der Waals surface area contributed by atoms with Gasteiger partial charge in [0.1, 0.15) is 11.6 Å². The number of nitriles is 2. The molecule has 0 aliphatic carbocycles. The van der Waals surface area contributed by atoms with Crippen molar-refractivity contribution in [2.45, 2.75) is 6.42 Å². The Hall–Kier alpha value is -1.91. The normalized spacial score (nSPS) is 10.2. The van der Waals surface area contributed by atoms with Crippen molar-refractivity contribution in [1.29, 1.82) is 10.5 Å². The molecule has 0 saturated carbocycles. The molecule has 0 aromatic heterocycles. The van der Waals surface area contributed by atoms with Crippen LogP contribution in [0.4, 0.5) is 5.69 Å². The molecule has 0 radical (unpaired) electrons. The lowest BCUT2D eigenvalue weighted by Crippen LogP contribution is -1.94. The summed E-state index contributed by atoms with van der Waals surface area (Å²) in [5.41, 5.74) is 0.592. The molecule has 5 heteroatoms. The van der Waals surface area contributed by atoms with Crippen molar-refractivity contribution in [2.24, 2.45) is 16.1 Å². The number of azo groups is 1. The van der Waals surface area contributed by atoms with E-state index in [9.17, 15) is 0 Å². The molecule has 0 atom stereocenters. The van der Waals surface area contributed by atoms with Crippen LogP contribution in [0.15, 0.2) is 34.5 Å². The number of nitrogens with zero attached hydrogens (tertiary/aromatic N) is 4. The van der Waals surface area contributed by atoms with Crippen molar-refractivity contribution in [3.8, 4) is 12.1 Å². The number of rotatable bonds is 4. The first-order chi connectivity index (χ1) is 7.77. The highest BCUT2D eigenvalue weighted by Gasteiger charge is 2.03. The molecule has 1 aromatic rings. The molecule has 0 spiro atoms. The Morgan fingerprint density at radius 3 is 2.56 bits per heavy atom. The highest BCUT2D eigenvalue weighted by Crippen LogP contribution is 2.23. The lowest BCUT2D eigenvalue weighted by atomic mass is 10.1. The van der Waals surface area contributed by atoms with Crippen LogP contribution in [0.3, 0.4) is 0 Å². The molecule has 1 rings (SSSR count). The Morgan fingerprint density at radius 1 is 1.25 bits per heavy atom. The van der Waals surface area contributed by atoms with E-state index < -0.39 is 5.92 Å². The van der Waals surface area contributed by atoms with Crippen LogP contribution in [0.1, 0.15) is 6.42 Å². The minimum atomic E-state index is -0.620. The largest absolute Gasteiger partial charge is 0.197 e. The minimum Gasteiger partial charge on any atom is -0.197 e. The van der Waals surface area contributed by atoms with Crippen LogP contribution >= 0.6 is 11.6 Å². The summed E-state index contributed by atoms with van der Waals surface area (Å²) in [5, 5.41) is 25.4. The van der Waals surface area contributed by atoms with Gasteiger partial charge in [0, 0.05) is 0 Å². The first kappa shape index (κ1) is 12.2. The molecule has 0 aliphatic rings. The van der Waals surface area contributed by atoms with Gasteiger partial charge in [0.2, 0.25) is 0 Å². The van der Waals surface area contributed by atoms with E-state index in [0.29, 0.717) is 23.7 Å². The predicted molar refractivity (Wildman–Crippen MR) is 60.2 cm³/mol. The van der Waals surface area contributed by atoms with E-state index >= 15 is 0 Å². The van der Waals surface area contributed by atoms with Gasteiger partial charge in [0.15, 0.2) is 0 Å². The van der Waals surface area contributed by atoms with E-state index in [4.69, 9.17) is 22.1 Å². The Bertz CT molecular complexity index is 442. The van der Waals surface area contributed by atoms with Gasteiger partial charge in [-0.2, -0.15) is 20.8 Å². The van der Waals surface area contributed by atoms with Gasteiger partial charge in [-0.25, -0.2) is 0 Å². The number of halogens is 1. The molecule has 4 nitrogen and oxygen atoms in total. The van der Waals surface area contributed by atoms with Gasteiger partial charge < -0.3 is 0 Å². The third kappa shape index (κ3) is 3.68. The molecule has 0 saturated heterocycles. The van der Waals surface area contributed by atoms with Gasteiger partial charge in [0.05, 0.1) is 23.7 Å². The monoisotopic (exact) mass is 232 g/mol. The third-order valence-corrected chi connectivity index (χ3v) is 2.18. The van der Waals surface area contributed by atoms with Crippen LogP contribution in [0.25, 0.3) is 0 Å². The average Bonchev–Trinajstić information content (AvgIpc) is 2.31. The number of benzene rings is 1. The summed E-state index contributed by atoms with van der Waals surface area (Å²) >= 11 is 5.86. The van der Waals surface area contributed by atoms with Gasteiger partial charge in [0.25, 0.3) is 0 Å². The van der Waals surface area contributed by atoms with E-state index in [0.717, 1.165) is 0 Å². The van der Waals surface area contributed by atoms with Crippen molar-refractivity contribution in [3.05, 3.63) is 29.3 Å². The Kier molecular flexibility index (Phi) is 4.98. The van der Waals surface area contributed by atoms with Crippen LogP contribution in [0.5, 0.6) is 0 Å². The average molecular weight is 233 g/mol. The highest BCUT2D eigenvalue weighted by molar-refractivity contribution is 6.32. The van der Waals surface area contributed by atoms with E-state index in [1.54, 1.807) is 12.1 Å². The van der Waals surface area contributed by atoms with Crippen molar-refractivity contribution < 1.29 is 0 Å². The molecule has 1 aromatic carbocycles. The molecule has 0 amide bonds. The van der Waals surface area contributed by atoms with Gasteiger partial charge in [-0.1, -0.05) is 23.7 Å². The molecule has 0 aliphatic heterocycles. The van der Waals surface area contributed by atoms with E-state index in [-0.39, 0.29) is 0 Å². The van der Waals surface area contributed by atoms with Crippen molar-refractivity contribution in [3.63, 3.8) is 0 Å². The number of hydrogen-bond donors (Lipinski definition) is 0. The second kappa shape index (κ2) is 6.55. The minimum absolute atomic E-state index is 0.344. The van der Waals surface area contributed by atoms with Crippen LogP contribution < -0.4 is 0 Å². The predicted octanol–water partition coefficient (Wildman–Crippen LogP) is 3.48. The summed E-state index contributed by atoms with van der Waals surface area (Å²) in [5.74, 6) is -0.620. The summed E-state index contributed by atoms with van der Waals surface area (Å²) in [6, 6.07) is 10.8. The standard InChI is InChI=1S/C11H9ClN4/c12-10-3-1-2-4-11(10)16-15-6-5-9(7-13)8-14/h1-4,9H,5-6H2. The molecule has 0 heterocycles. The molecule has 0 bridgehead atoms. The molecular weight excluding hydrogens is 224 g/mol. The molecule has 0 unspecified atom stereocenters. The summed E-state index contributed by atoms with van der Waals surface area (Å²) < 4.78 is 0. The van der Waals surface area contributed by atoms with E-state index in [2.05, 4.69) is 10.2 Å². The first-order valence-corrected chi connectivity index (χ1v) is 5.07. The quantitative estimate of drug-likeness (QED) is 0.746. The Labute approximate surface area is 98.8 Å². The van der Waals surface area contributed by atoms with Crippen molar-refractivity contribution in [2.75, 3.05) is 6.54 Å². The van der Waals surface area contributed by atoms with Crippen molar-refractivity contribution >= 4 is 17.3 Å². The lowest BCUT2D eigenvalue weighted by Gasteiger charge is -1.96. The van der Waals surface area contributed by atoms with E-state index in [1.807, 2.05) is 24.3 Å². The van der Waals surface area contributed by atoms with Crippen molar-refractivity contribution in [1.82, 2.24) is 0 Å². The van der Waals surface area contributed by atoms with Gasteiger partial charge in [-0.15, -0.1) is 0 Å². The number of hydrogen-bond acceptors (Lipinski definition) is 4. The second-order valence-corrected chi connectivity index (χ2v) is 3.42. The van der Waals surface area contributed by atoms with Crippen LogP contribution in [-0.2, 0) is 0 Å². The fourth-order valence-electron chi connectivity index (χ4n) is 1.00. The molecule has 80 valence electrons. The maximum Gasteiger partial charge on any atom is 0.135 e. The smallest absolute Gasteiger partial charge is 0.135 e. The summed E-state index contributed by atoms with van der Waals surface area (Å²) in [7, 11) is 0. The second-order valence-electron chi connectivity index (χ2n) is 3.02. The highest BCUT2D eigenvalue weighted by atomic mass is 35.5. The summed E-state index contributed by atoms with van der Waals surface area (Å²) in [6.07, 6.45) is 0.390. The maximum absolute atomic E-state index is 8.52. The lowest BCUT2D eigenvalue weighted by molar-refractivity contribution is 0.725. The fourth-order valence-corrected chi connectivity index (χ4v) is 1.18. The SMILES string of the molecule is N#CC(C#N)CCN=Nc1ccccc1Cl. The van der Waals surface area contributed by atoms with Gasteiger partial charge in [-0.3, -0.25) is 0 Å². The topological polar surface area (TPSA) is 72.3 Å². The molecule has 0 fully saturated rings. The molecule has 16 heavy (non-hydrogen) atoms. The third-order valence-electron chi connectivity index (χ3n) is 1.86. The van der Waals surface area contributed by atoms with Gasteiger partial charge in [-0.05, 0) is 18.6 Å². The van der Waals surface area contributed by atoms with Gasteiger partial charge >= 0.3 is 0 Å². The zero-order valence-corrected chi connectivity index (χ0v) is 9.22. The zero-order chi connectivity index (χ0) is 11.8. The zero-order valence-electron chi connectivity index (χ0n) is 8.47.